The molecule has 0 aliphatic heterocycles. The average molecular weight is 297 g/mol. The third-order valence-corrected chi connectivity index (χ3v) is 3.85. The van der Waals surface area contributed by atoms with Crippen molar-refractivity contribution in [2.24, 2.45) is 0 Å². The Balaban J connectivity index is 2.35. The van der Waals surface area contributed by atoms with Crippen LogP contribution >= 0.6 is 0 Å². The summed E-state index contributed by atoms with van der Waals surface area (Å²) in [6.45, 7) is 6.37. The first-order valence-corrected chi connectivity index (χ1v) is 8.00. The van der Waals surface area contributed by atoms with Gasteiger partial charge in [-0.25, -0.2) is 10.0 Å². The quantitative estimate of drug-likeness (QED) is 0.743. The number of hydrogen-bond acceptors (Lipinski definition) is 3. The molecular formula is C19H27N3. The molecule has 0 N–H and O–H groups in total. The van der Waals surface area contributed by atoms with Crippen LogP contribution < -0.4 is 0 Å². The van der Waals surface area contributed by atoms with Crippen LogP contribution in [0.25, 0.3) is 6.08 Å². The van der Waals surface area contributed by atoms with Crippen molar-refractivity contribution in [2.75, 3.05) is 27.2 Å². The zero-order chi connectivity index (χ0) is 15.9. The van der Waals surface area contributed by atoms with Crippen molar-refractivity contribution in [3.8, 4) is 0 Å². The van der Waals surface area contributed by atoms with E-state index >= 15 is 0 Å². The Labute approximate surface area is 134 Å². The number of hydrogen-bond donors (Lipinski definition) is 0. The van der Waals surface area contributed by atoms with Gasteiger partial charge in [0.05, 0.1) is 6.04 Å². The maximum Gasteiger partial charge on any atom is 0.0838 e. The van der Waals surface area contributed by atoms with E-state index in [2.05, 4.69) is 104 Å². The second kappa shape index (κ2) is 8.08. The fraction of sp³-hybridized carbons (Fsp3) is 0.368. The van der Waals surface area contributed by atoms with Gasteiger partial charge in [-0.15, -0.1) is 0 Å². The minimum absolute atomic E-state index is 0.222. The molecule has 3 heteroatoms. The molecular weight excluding hydrogens is 270 g/mol. The number of allylic oxidation sites excluding steroid dienone is 2. The lowest BCUT2D eigenvalue weighted by Crippen LogP contribution is -2.55. The van der Waals surface area contributed by atoms with Crippen molar-refractivity contribution in [3.05, 3.63) is 65.8 Å². The molecule has 0 aromatic heterocycles. The second-order valence-electron chi connectivity index (χ2n) is 5.55. The predicted octanol–water partition coefficient (Wildman–Crippen LogP) is 3.60. The summed E-state index contributed by atoms with van der Waals surface area (Å²) in [7, 11) is 4.20. The van der Waals surface area contributed by atoms with Gasteiger partial charge in [0.1, 0.15) is 0 Å². The summed E-state index contributed by atoms with van der Waals surface area (Å²) in [5.41, 5.74) is 2.54. The monoisotopic (exact) mass is 297 g/mol. The molecule has 1 aliphatic carbocycles. The third kappa shape index (κ3) is 3.95. The van der Waals surface area contributed by atoms with Crippen LogP contribution in [0.1, 0.15) is 19.4 Å². The largest absolute Gasteiger partial charge is 0.233 e. The highest BCUT2D eigenvalue weighted by Gasteiger charge is 2.26. The molecule has 0 saturated carbocycles. The van der Waals surface area contributed by atoms with Gasteiger partial charge in [0.15, 0.2) is 0 Å². The Hall–Kier alpha value is -1.68. The van der Waals surface area contributed by atoms with E-state index in [9.17, 15) is 0 Å². The van der Waals surface area contributed by atoms with E-state index in [0.717, 1.165) is 13.1 Å². The summed E-state index contributed by atoms with van der Waals surface area (Å²) in [4.78, 5) is 0. The fourth-order valence-corrected chi connectivity index (χ4v) is 2.82. The first-order chi connectivity index (χ1) is 10.7. The van der Waals surface area contributed by atoms with E-state index in [-0.39, 0.29) is 6.04 Å². The van der Waals surface area contributed by atoms with Gasteiger partial charge in [0.25, 0.3) is 0 Å². The summed E-state index contributed by atoms with van der Waals surface area (Å²) in [5.74, 6) is 0. The molecule has 0 radical (unpaired) electrons. The standard InChI is InChI=1S/C19H27N3/c1-5-21(6-2)22(20(3)4)19-15-11-10-14-18(19)16-17-12-8-7-9-13-17/h7-16,19H,5-6H2,1-4H3. The summed E-state index contributed by atoms with van der Waals surface area (Å²) >= 11 is 0. The summed E-state index contributed by atoms with van der Waals surface area (Å²) in [6, 6.07) is 10.7. The van der Waals surface area contributed by atoms with Gasteiger partial charge in [0.2, 0.25) is 0 Å². The van der Waals surface area contributed by atoms with Gasteiger partial charge < -0.3 is 0 Å². The Morgan fingerprint density at radius 2 is 1.68 bits per heavy atom. The average Bonchev–Trinajstić information content (AvgIpc) is 2.54. The van der Waals surface area contributed by atoms with Crippen LogP contribution in [0.4, 0.5) is 0 Å². The highest BCUT2D eigenvalue weighted by molar-refractivity contribution is 5.59. The predicted molar refractivity (Wildman–Crippen MR) is 94.9 cm³/mol. The van der Waals surface area contributed by atoms with Crippen molar-refractivity contribution >= 4 is 6.08 Å². The van der Waals surface area contributed by atoms with Crippen LogP contribution in [-0.4, -0.2) is 48.4 Å². The topological polar surface area (TPSA) is 9.72 Å². The van der Waals surface area contributed by atoms with Gasteiger partial charge >= 0.3 is 0 Å². The van der Waals surface area contributed by atoms with Gasteiger partial charge in [-0.05, 0) is 17.2 Å². The minimum atomic E-state index is 0.222. The molecule has 1 aromatic carbocycles. The van der Waals surface area contributed by atoms with E-state index in [1.165, 1.54) is 11.1 Å². The molecule has 0 saturated heterocycles. The molecule has 0 spiro atoms. The summed E-state index contributed by atoms with van der Waals surface area (Å²) in [6.07, 6.45) is 11.0. The maximum absolute atomic E-state index is 2.35. The molecule has 0 bridgehead atoms. The van der Waals surface area contributed by atoms with Crippen LogP contribution in [0.15, 0.2) is 60.2 Å². The molecule has 0 fully saturated rings. The van der Waals surface area contributed by atoms with Gasteiger partial charge in [-0.2, -0.15) is 5.12 Å². The molecule has 1 unspecified atom stereocenters. The fourth-order valence-electron chi connectivity index (χ4n) is 2.82. The van der Waals surface area contributed by atoms with Crippen molar-refractivity contribution in [3.63, 3.8) is 0 Å². The molecule has 0 amide bonds. The number of hydrazine groups is 2. The van der Waals surface area contributed by atoms with Crippen molar-refractivity contribution < 1.29 is 0 Å². The lowest BCUT2D eigenvalue weighted by molar-refractivity contribution is -0.167. The van der Waals surface area contributed by atoms with Crippen molar-refractivity contribution in [1.82, 2.24) is 15.1 Å². The Morgan fingerprint density at radius 1 is 1.00 bits per heavy atom. The molecule has 118 valence electrons. The van der Waals surface area contributed by atoms with Crippen LogP contribution in [0.3, 0.4) is 0 Å². The van der Waals surface area contributed by atoms with E-state index < -0.39 is 0 Å². The molecule has 22 heavy (non-hydrogen) atoms. The molecule has 1 atom stereocenters. The minimum Gasteiger partial charge on any atom is -0.233 e. The Kier molecular flexibility index (Phi) is 6.13. The summed E-state index contributed by atoms with van der Waals surface area (Å²) < 4.78 is 0. The molecule has 2 rings (SSSR count). The number of nitrogens with zero attached hydrogens (tertiary/aromatic N) is 3. The summed E-state index contributed by atoms with van der Waals surface area (Å²) in [5, 5.41) is 6.85. The van der Waals surface area contributed by atoms with E-state index in [1.54, 1.807) is 0 Å². The van der Waals surface area contributed by atoms with Gasteiger partial charge in [-0.1, -0.05) is 68.5 Å². The Bertz CT molecular complexity index is 539. The SMILES string of the molecule is CCN(CC)N(C1C=CC=CC1=Cc1ccccc1)N(C)C. The highest BCUT2D eigenvalue weighted by Crippen LogP contribution is 2.23. The lowest BCUT2D eigenvalue weighted by atomic mass is 9.99. The smallest absolute Gasteiger partial charge is 0.0838 e. The van der Waals surface area contributed by atoms with Crippen LogP contribution in [0, 0.1) is 0 Å². The zero-order valence-corrected chi connectivity index (χ0v) is 14.1. The Morgan fingerprint density at radius 3 is 2.27 bits per heavy atom. The molecule has 0 heterocycles. The van der Waals surface area contributed by atoms with E-state index in [0.29, 0.717) is 0 Å². The maximum atomic E-state index is 2.35. The van der Waals surface area contributed by atoms with Gasteiger partial charge in [0, 0.05) is 27.2 Å². The molecule has 3 nitrogen and oxygen atoms in total. The third-order valence-electron chi connectivity index (χ3n) is 3.85. The van der Waals surface area contributed by atoms with E-state index in [1.807, 2.05) is 0 Å². The lowest BCUT2D eigenvalue weighted by Gasteiger charge is -2.43. The molecule has 1 aromatic rings. The first-order valence-electron chi connectivity index (χ1n) is 8.00. The molecule has 1 aliphatic rings. The van der Waals surface area contributed by atoms with Crippen LogP contribution in [0.5, 0.6) is 0 Å². The van der Waals surface area contributed by atoms with Gasteiger partial charge in [-0.3, -0.25) is 0 Å². The number of benzene rings is 1. The van der Waals surface area contributed by atoms with Crippen LogP contribution in [-0.2, 0) is 0 Å². The second-order valence-corrected chi connectivity index (χ2v) is 5.55. The number of rotatable bonds is 6. The van der Waals surface area contributed by atoms with Crippen molar-refractivity contribution in [2.45, 2.75) is 19.9 Å². The normalized spacial score (nSPS) is 19.8. The highest BCUT2D eigenvalue weighted by atomic mass is 15.9. The van der Waals surface area contributed by atoms with Crippen molar-refractivity contribution in [1.29, 1.82) is 0 Å². The van der Waals surface area contributed by atoms with Crippen LogP contribution in [0.2, 0.25) is 0 Å². The van der Waals surface area contributed by atoms with E-state index in [4.69, 9.17) is 0 Å². The zero-order valence-electron chi connectivity index (χ0n) is 14.1. The first kappa shape index (κ1) is 16.7.